The number of ketones is 1. The number of carboxylic acids is 1. The monoisotopic (exact) mass is 287 g/mol. The number of carbonyl (C=O) groups excluding carboxylic acids is 2. The lowest BCUT2D eigenvalue weighted by molar-refractivity contribution is -0.136. The molecular weight excluding hydrogens is 281 g/mol. The molecule has 1 aromatic carbocycles. The number of fused-ring (bicyclic) bond motifs is 1. The van der Waals surface area contributed by atoms with Gasteiger partial charge in [-0.15, -0.1) is 0 Å². The van der Waals surface area contributed by atoms with Crippen molar-refractivity contribution >= 4 is 46.5 Å². The van der Waals surface area contributed by atoms with Gasteiger partial charge in [-0.1, -0.05) is 23.2 Å². The third-order valence-electron chi connectivity index (χ3n) is 2.56. The van der Waals surface area contributed by atoms with Crippen molar-refractivity contribution in [1.29, 1.82) is 0 Å². The number of rotatable bonds is 3. The average Bonchev–Trinajstić information content (AvgIpc) is 2.56. The summed E-state index contributed by atoms with van der Waals surface area (Å²) in [5.41, 5.74) is 0.236. The third kappa shape index (κ3) is 1.95. The van der Waals surface area contributed by atoms with Gasteiger partial charge in [-0.2, -0.15) is 0 Å². The number of anilines is 1. The van der Waals surface area contributed by atoms with Gasteiger partial charge >= 0.3 is 5.97 Å². The topological polar surface area (TPSA) is 74.7 Å². The first kappa shape index (κ1) is 12.9. The van der Waals surface area contributed by atoms with E-state index in [0.717, 1.165) is 4.90 Å². The summed E-state index contributed by atoms with van der Waals surface area (Å²) in [7, 11) is 0. The highest BCUT2D eigenvalue weighted by Crippen LogP contribution is 2.39. The van der Waals surface area contributed by atoms with Crippen molar-refractivity contribution in [3.63, 3.8) is 0 Å². The van der Waals surface area contributed by atoms with Gasteiger partial charge in [-0.25, -0.2) is 0 Å². The van der Waals surface area contributed by atoms with E-state index in [4.69, 9.17) is 28.3 Å². The Balaban J connectivity index is 2.48. The number of Topliss-reactive ketones (excluding diaryl/α,β-unsaturated/α-hetero) is 1. The smallest absolute Gasteiger partial charge is 0.305 e. The number of nitrogens with zero attached hydrogens (tertiary/aromatic N) is 1. The number of hydrogen-bond acceptors (Lipinski definition) is 3. The first-order valence-electron chi connectivity index (χ1n) is 4.99. The maximum absolute atomic E-state index is 11.7. The summed E-state index contributed by atoms with van der Waals surface area (Å²) in [5.74, 6) is -2.63. The summed E-state index contributed by atoms with van der Waals surface area (Å²) in [4.78, 5) is 35.1. The van der Waals surface area contributed by atoms with Gasteiger partial charge in [0, 0.05) is 6.54 Å². The molecule has 7 heteroatoms. The van der Waals surface area contributed by atoms with Gasteiger partial charge in [0.05, 0.1) is 27.7 Å². The van der Waals surface area contributed by atoms with E-state index in [9.17, 15) is 14.4 Å². The molecule has 0 aliphatic carbocycles. The van der Waals surface area contributed by atoms with E-state index in [2.05, 4.69) is 0 Å². The van der Waals surface area contributed by atoms with E-state index in [1.54, 1.807) is 0 Å². The zero-order valence-corrected chi connectivity index (χ0v) is 10.5. The van der Waals surface area contributed by atoms with E-state index < -0.39 is 17.7 Å². The van der Waals surface area contributed by atoms with Crippen LogP contribution in [0.2, 0.25) is 10.0 Å². The van der Waals surface area contributed by atoms with Gasteiger partial charge in [-0.05, 0) is 12.1 Å². The molecule has 94 valence electrons. The second kappa shape index (κ2) is 4.59. The highest BCUT2D eigenvalue weighted by molar-refractivity contribution is 6.57. The standard InChI is InChI=1S/C11H7Cl2NO4/c12-5-1-2-6(13)9-8(5)10(17)11(18)14(9)4-3-7(15)16/h1-2H,3-4H2,(H,15,16). The van der Waals surface area contributed by atoms with Crippen LogP contribution in [0.3, 0.4) is 0 Å². The van der Waals surface area contributed by atoms with Crippen LogP contribution in [0.1, 0.15) is 16.8 Å². The zero-order chi connectivity index (χ0) is 13.4. The molecule has 2 rings (SSSR count). The summed E-state index contributed by atoms with van der Waals surface area (Å²) in [5, 5.41) is 8.94. The molecule has 1 heterocycles. The van der Waals surface area contributed by atoms with Crippen molar-refractivity contribution in [1.82, 2.24) is 0 Å². The van der Waals surface area contributed by atoms with Gasteiger partial charge in [0.15, 0.2) is 0 Å². The first-order chi connectivity index (χ1) is 8.43. The Morgan fingerprint density at radius 3 is 2.44 bits per heavy atom. The zero-order valence-electron chi connectivity index (χ0n) is 8.94. The quantitative estimate of drug-likeness (QED) is 0.863. The Morgan fingerprint density at radius 2 is 1.83 bits per heavy atom. The number of carbonyl (C=O) groups is 3. The maximum atomic E-state index is 11.7. The lowest BCUT2D eigenvalue weighted by atomic mass is 10.1. The second-order valence-corrected chi connectivity index (χ2v) is 4.50. The molecule has 1 amide bonds. The molecule has 0 unspecified atom stereocenters. The number of hydrogen-bond donors (Lipinski definition) is 1. The molecule has 0 radical (unpaired) electrons. The fourth-order valence-corrected chi connectivity index (χ4v) is 2.27. The number of aliphatic carboxylic acids is 1. The van der Waals surface area contributed by atoms with Crippen molar-refractivity contribution in [2.45, 2.75) is 6.42 Å². The van der Waals surface area contributed by atoms with Crippen molar-refractivity contribution < 1.29 is 19.5 Å². The third-order valence-corrected chi connectivity index (χ3v) is 3.18. The fraction of sp³-hybridized carbons (Fsp3) is 0.182. The molecule has 1 aromatic rings. The first-order valence-corrected chi connectivity index (χ1v) is 5.75. The Kier molecular flexibility index (Phi) is 3.28. The minimum atomic E-state index is -1.07. The van der Waals surface area contributed by atoms with Gasteiger partial charge < -0.3 is 10.0 Å². The minimum Gasteiger partial charge on any atom is -0.481 e. The molecule has 1 aliphatic rings. The molecule has 0 aromatic heterocycles. The van der Waals surface area contributed by atoms with Crippen LogP contribution in [-0.2, 0) is 9.59 Å². The number of benzene rings is 1. The molecule has 0 fully saturated rings. The SMILES string of the molecule is O=C(O)CCN1C(=O)C(=O)c2c(Cl)ccc(Cl)c21. The van der Waals surface area contributed by atoms with Crippen LogP contribution >= 0.6 is 23.2 Å². The Labute approximate surface area is 112 Å². The van der Waals surface area contributed by atoms with E-state index in [-0.39, 0.29) is 34.3 Å². The Morgan fingerprint density at radius 1 is 1.22 bits per heavy atom. The number of carboxylic acid groups (broad SMARTS) is 1. The maximum Gasteiger partial charge on any atom is 0.305 e. The lowest BCUT2D eigenvalue weighted by Crippen LogP contribution is -2.31. The van der Waals surface area contributed by atoms with Crippen LogP contribution in [-0.4, -0.2) is 29.3 Å². The summed E-state index contributed by atoms with van der Waals surface area (Å²) in [6.07, 6.45) is -0.276. The summed E-state index contributed by atoms with van der Waals surface area (Å²) in [6, 6.07) is 2.89. The molecule has 0 saturated heterocycles. The largest absolute Gasteiger partial charge is 0.481 e. The average molecular weight is 288 g/mol. The minimum absolute atomic E-state index is 0.0413. The van der Waals surface area contributed by atoms with Crippen LogP contribution in [0.15, 0.2) is 12.1 Å². The van der Waals surface area contributed by atoms with Gasteiger partial charge in [0.1, 0.15) is 0 Å². The van der Waals surface area contributed by atoms with Gasteiger partial charge in [-0.3, -0.25) is 14.4 Å². The second-order valence-electron chi connectivity index (χ2n) is 3.68. The predicted molar refractivity (Wildman–Crippen MR) is 65.4 cm³/mol. The highest BCUT2D eigenvalue weighted by Gasteiger charge is 2.39. The molecular formula is C11H7Cl2NO4. The summed E-state index contributed by atoms with van der Waals surface area (Å²) in [6.45, 7) is -0.118. The van der Waals surface area contributed by atoms with Crippen molar-refractivity contribution in [3.8, 4) is 0 Å². The van der Waals surface area contributed by atoms with Crippen LogP contribution in [0.5, 0.6) is 0 Å². The Hall–Kier alpha value is -1.59. The van der Waals surface area contributed by atoms with Crippen LogP contribution in [0, 0.1) is 0 Å². The molecule has 0 bridgehead atoms. The number of amides is 1. The van der Waals surface area contributed by atoms with Crippen LogP contribution < -0.4 is 4.90 Å². The highest BCUT2D eigenvalue weighted by atomic mass is 35.5. The van der Waals surface area contributed by atoms with E-state index in [1.165, 1.54) is 12.1 Å². The normalized spacial score (nSPS) is 14.0. The van der Waals surface area contributed by atoms with E-state index in [0.29, 0.717) is 0 Å². The molecule has 0 spiro atoms. The summed E-state index contributed by atoms with van der Waals surface area (Å²) < 4.78 is 0. The van der Waals surface area contributed by atoms with Crippen molar-refractivity contribution in [2.75, 3.05) is 11.4 Å². The lowest BCUT2D eigenvalue weighted by Gasteiger charge is -2.16. The predicted octanol–water partition coefficient (Wildman–Crippen LogP) is 2.00. The van der Waals surface area contributed by atoms with Gasteiger partial charge in [0.2, 0.25) is 0 Å². The van der Waals surface area contributed by atoms with Crippen molar-refractivity contribution in [3.05, 3.63) is 27.7 Å². The van der Waals surface area contributed by atoms with Crippen molar-refractivity contribution in [2.24, 2.45) is 0 Å². The Bertz CT molecular complexity index is 570. The van der Waals surface area contributed by atoms with Crippen LogP contribution in [0.25, 0.3) is 0 Å². The molecule has 18 heavy (non-hydrogen) atoms. The summed E-state index contributed by atoms with van der Waals surface area (Å²) >= 11 is 11.8. The van der Waals surface area contributed by atoms with Crippen LogP contribution in [0.4, 0.5) is 5.69 Å². The van der Waals surface area contributed by atoms with E-state index in [1.807, 2.05) is 0 Å². The van der Waals surface area contributed by atoms with E-state index >= 15 is 0 Å². The van der Waals surface area contributed by atoms with Gasteiger partial charge in [0.25, 0.3) is 11.7 Å². The molecule has 1 N–H and O–H groups in total. The number of halogens is 2. The molecule has 5 nitrogen and oxygen atoms in total. The molecule has 0 atom stereocenters. The molecule has 0 saturated carbocycles. The fourth-order valence-electron chi connectivity index (χ4n) is 1.77. The molecule has 1 aliphatic heterocycles.